The Hall–Kier alpha value is -1.94. The summed E-state index contributed by atoms with van der Waals surface area (Å²) in [6.45, 7) is 0. The standard InChI is InChI=1S/C14H12N2OS/c1-16-11-7-6-9(15)8-13(11)18-12-5-3-2-4-10(12)14(16)17/h2-8H,15H2,1H3. The summed E-state index contributed by atoms with van der Waals surface area (Å²) in [6.07, 6.45) is 0. The van der Waals surface area contributed by atoms with Crippen LogP contribution in [0.3, 0.4) is 0 Å². The monoisotopic (exact) mass is 256 g/mol. The molecule has 0 bridgehead atoms. The van der Waals surface area contributed by atoms with Gasteiger partial charge in [-0.3, -0.25) is 4.79 Å². The van der Waals surface area contributed by atoms with E-state index in [-0.39, 0.29) is 5.91 Å². The summed E-state index contributed by atoms with van der Waals surface area (Å²) in [7, 11) is 1.79. The minimum absolute atomic E-state index is 0.0154. The summed E-state index contributed by atoms with van der Waals surface area (Å²) >= 11 is 1.58. The van der Waals surface area contributed by atoms with Gasteiger partial charge < -0.3 is 10.6 Å². The molecule has 3 rings (SSSR count). The van der Waals surface area contributed by atoms with Crippen molar-refractivity contribution in [2.75, 3.05) is 17.7 Å². The maximum atomic E-state index is 12.4. The van der Waals surface area contributed by atoms with Crippen LogP contribution in [0.4, 0.5) is 11.4 Å². The number of carbonyl (C=O) groups is 1. The number of amides is 1. The summed E-state index contributed by atoms with van der Waals surface area (Å²) < 4.78 is 0. The molecule has 2 aromatic rings. The molecule has 1 amide bonds. The van der Waals surface area contributed by atoms with Crippen LogP contribution in [-0.4, -0.2) is 13.0 Å². The van der Waals surface area contributed by atoms with Crippen LogP contribution < -0.4 is 10.6 Å². The number of hydrogen-bond donors (Lipinski definition) is 1. The van der Waals surface area contributed by atoms with Gasteiger partial charge in [-0.2, -0.15) is 0 Å². The van der Waals surface area contributed by atoms with Gasteiger partial charge in [-0.05, 0) is 30.3 Å². The van der Waals surface area contributed by atoms with E-state index in [0.717, 1.165) is 21.0 Å². The molecule has 0 atom stereocenters. The number of rotatable bonds is 0. The molecule has 1 aliphatic rings. The van der Waals surface area contributed by atoms with Gasteiger partial charge in [-0.15, -0.1) is 0 Å². The van der Waals surface area contributed by atoms with Crippen LogP contribution in [0.2, 0.25) is 0 Å². The minimum atomic E-state index is 0.0154. The molecular formula is C14H12N2OS. The first-order chi connectivity index (χ1) is 8.66. The molecule has 1 aliphatic heterocycles. The lowest BCUT2D eigenvalue weighted by Crippen LogP contribution is -2.25. The maximum absolute atomic E-state index is 12.4. The number of anilines is 2. The van der Waals surface area contributed by atoms with E-state index in [0.29, 0.717) is 5.69 Å². The summed E-state index contributed by atoms with van der Waals surface area (Å²) in [5.74, 6) is 0.0154. The van der Waals surface area contributed by atoms with E-state index >= 15 is 0 Å². The molecule has 90 valence electrons. The Morgan fingerprint density at radius 3 is 2.72 bits per heavy atom. The average Bonchev–Trinajstić information content (AvgIpc) is 2.47. The van der Waals surface area contributed by atoms with Gasteiger partial charge in [0, 0.05) is 22.5 Å². The summed E-state index contributed by atoms with van der Waals surface area (Å²) in [5.41, 5.74) is 8.16. The number of benzene rings is 2. The first kappa shape index (κ1) is 11.2. The van der Waals surface area contributed by atoms with Crippen molar-refractivity contribution in [3.63, 3.8) is 0 Å². The number of nitrogens with zero attached hydrogens (tertiary/aromatic N) is 1. The SMILES string of the molecule is CN1C(=O)c2ccccc2Sc2cc(N)ccc21. The highest BCUT2D eigenvalue weighted by Gasteiger charge is 2.24. The van der Waals surface area contributed by atoms with Crippen molar-refractivity contribution in [1.29, 1.82) is 0 Å². The molecule has 0 aromatic heterocycles. The quantitative estimate of drug-likeness (QED) is 0.737. The Morgan fingerprint density at radius 2 is 1.89 bits per heavy atom. The van der Waals surface area contributed by atoms with Gasteiger partial charge >= 0.3 is 0 Å². The smallest absolute Gasteiger partial charge is 0.259 e. The fourth-order valence-corrected chi connectivity index (χ4v) is 3.18. The average molecular weight is 256 g/mol. The van der Waals surface area contributed by atoms with Crippen LogP contribution in [0.25, 0.3) is 0 Å². The van der Waals surface area contributed by atoms with E-state index in [2.05, 4.69) is 0 Å². The van der Waals surface area contributed by atoms with E-state index in [9.17, 15) is 4.79 Å². The second-order valence-electron chi connectivity index (χ2n) is 4.19. The van der Waals surface area contributed by atoms with E-state index in [4.69, 9.17) is 5.73 Å². The highest BCUT2D eigenvalue weighted by atomic mass is 32.2. The number of carbonyl (C=O) groups excluding carboxylic acids is 1. The molecule has 0 radical (unpaired) electrons. The van der Waals surface area contributed by atoms with Crippen LogP contribution in [0.1, 0.15) is 10.4 Å². The van der Waals surface area contributed by atoms with Crippen LogP contribution in [-0.2, 0) is 0 Å². The highest BCUT2D eigenvalue weighted by molar-refractivity contribution is 7.99. The summed E-state index contributed by atoms with van der Waals surface area (Å²) in [4.78, 5) is 16.0. The van der Waals surface area contributed by atoms with Crippen molar-refractivity contribution >= 4 is 29.0 Å². The largest absolute Gasteiger partial charge is 0.399 e. The van der Waals surface area contributed by atoms with Gasteiger partial charge in [0.2, 0.25) is 0 Å². The highest BCUT2D eigenvalue weighted by Crippen LogP contribution is 2.41. The fraction of sp³-hybridized carbons (Fsp3) is 0.0714. The molecule has 1 heterocycles. The Bertz CT molecular complexity index is 639. The van der Waals surface area contributed by atoms with E-state index in [1.807, 2.05) is 42.5 Å². The normalized spacial score (nSPS) is 13.8. The summed E-state index contributed by atoms with van der Waals surface area (Å²) in [6, 6.07) is 13.3. The molecule has 0 fully saturated rings. The lowest BCUT2D eigenvalue weighted by atomic mass is 10.2. The van der Waals surface area contributed by atoms with Crippen molar-refractivity contribution in [2.24, 2.45) is 0 Å². The molecule has 18 heavy (non-hydrogen) atoms. The zero-order valence-corrected chi connectivity index (χ0v) is 10.7. The number of hydrogen-bond acceptors (Lipinski definition) is 3. The van der Waals surface area contributed by atoms with E-state index in [1.54, 1.807) is 23.7 Å². The zero-order valence-electron chi connectivity index (χ0n) is 9.88. The Labute approximate surface area is 110 Å². The summed E-state index contributed by atoms with van der Waals surface area (Å²) in [5, 5.41) is 0. The second kappa shape index (κ2) is 4.07. The van der Waals surface area contributed by atoms with Crippen molar-refractivity contribution in [3.8, 4) is 0 Å². The molecule has 0 unspecified atom stereocenters. The number of nitrogens with two attached hydrogens (primary N) is 1. The lowest BCUT2D eigenvalue weighted by Gasteiger charge is -2.17. The van der Waals surface area contributed by atoms with Crippen molar-refractivity contribution < 1.29 is 4.79 Å². The van der Waals surface area contributed by atoms with Crippen molar-refractivity contribution in [3.05, 3.63) is 48.0 Å². The van der Waals surface area contributed by atoms with Crippen LogP contribution in [0, 0.1) is 0 Å². The van der Waals surface area contributed by atoms with Crippen molar-refractivity contribution in [2.45, 2.75) is 9.79 Å². The van der Waals surface area contributed by atoms with Crippen LogP contribution in [0.15, 0.2) is 52.3 Å². The topological polar surface area (TPSA) is 46.3 Å². The molecular weight excluding hydrogens is 244 g/mol. The van der Waals surface area contributed by atoms with Gasteiger partial charge in [0.25, 0.3) is 5.91 Å². The second-order valence-corrected chi connectivity index (χ2v) is 5.27. The molecule has 3 nitrogen and oxygen atoms in total. The Balaban J connectivity index is 2.24. The molecule has 0 spiro atoms. The molecule has 0 saturated carbocycles. The van der Waals surface area contributed by atoms with Gasteiger partial charge in [-0.1, -0.05) is 23.9 Å². The van der Waals surface area contributed by atoms with Crippen molar-refractivity contribution in [1.82, 2.24) is 0 Å². The molecule has 0 aliphatic carbocycles. The zero-order chi connectivity index (χ0) is 12.7. The molecule has 4 heteroatoms. The van der Waals surface area contributed by atoms with Crippen LogP contribution >= 0.6 is 11.8 Å². The van der Waals surface area contributed by atoms with Gasteiger partial charge in [0.05, 0.1) is 11.3 Å². The predicted molar refractivity (Wildman–Crippen MR) is 74.2 cm³/mol. The Kier molecular flexibility index (Phi) is 2.52. The maximum Gasteiger partial charge on any atom is 0.259 e. The first-order valence-electron chi connectivity index (χ1n) is 5.61. The first-order valence-corrected chi connectivity index (χ1v) is 6.43. The van der Waals surface area contributed by atoms with Crippen LogP contribution in [0.5, 0.6) is 0 Å². The molecule has 2 N–H and O–H groups in total. The number of nitrogen functional groups attached to an aromatic ring is 1. The molecule has 0 saturated heterocycles. The fourth-order valence-electron chi connectivity index (χ4n) is 2.03. The van der Waals surface area contributed by atoms with E-state index < -0.39 is 0 Å². The lowest BCUT2D eigenvalue weighted by molar-refractivity contribution is 0.0990. The third-order valence-electron chi connectivity index (χ3n) is 2.99. The third-order valence-corrected chi connectivity index (χ3v) is 4.11. The molecule has 2 aromatic carbocycles. The number of fused-ring (bicyclic) bond motifs is 2. The van der Waals surface area contributed by atoms with Gasteiger partial charge in [0.15, 0.2) is 0 Å². The van der Waals surface area contributed by atoms with E-state index in [1.165, 1.54) is 0 Å². The van der Waals surface area contributed by atoms with Gasteiger partial charge in [-0.25, -0.2) is 0 Å². The Morgan fingerprint density at radius 1 is 1.11 bits per heavy atom. The van der Waals surface area contributed by atoms with Gasteiger partial charge in [0.1, 0.15) is 0 Å². The minimum Gasteiger partial charge on any atom is -0.399 e. The third kappa shape index (κ3) is 1.66. The predicted octanol–water partition coefficient (Wildman–Crippen LogP) is 3.01.